The largest absolute Gasteiger partial charge is 0.336 e. The highest BCUT2D eigenvalue weighted by atomic mass is 32.1. The van der Waals surface area contributed by atoms with Crippen LogP contribution in [0.15, 0.2) is 41.8 Å². The fourth-order valence-electron chi connectivity index (χ4n) is 3.82. The minimum Gasteiger partial charge on any atom is -0.336 e. The first-order valence-electron chi connectivity index (χ1n) is 9.22. The second-order valence-corrected chi connectivity index (χ2v) is 7.97. The summed E-state index contributed by atoms with van der Waals surface area (Å²) in [6.07, 6.45) is 0.874. The third-order valence-electron chi connectivity index (χ3n) is 5.27. The smallest absolute Gasteiger partial charge is 0.263 e. The third-order valence-corrected chi connectivity index (χ3v) is 6.13. The van der Waals surface area contributed by atoms with Gasteiger partial charge in [-0.25, -0.2) is 4.39 Å². The normalized spacial score (nSPS) is 21.1. The van der Waals surface area contributed by atoms with Gasteiger partial charge in [0.05, 0.1) is 4.88 Å². The summed E-state index contributed by atoms with van der Waals surface area (Å²) in [5.41, 5.74) is 0.915. The maximum atomic E-state index is 13.1. The van der Waals surface area contributed by atoms with Crippen LogP contribution in [0.25, 0.3) is 0 Å². The van der Waals surface area contributed by atoms with Crippen molar-refractivity contribution in [2.24, 2.45) is 0 Å². The molecule has 2 amide bonds. The number of amides is 2. The quantitative estimate of drug-likeness (QED) is 0.813. The Morgan fingerprint density at radius 2 is 1.93 bits per heavy atom. The summed E-state index contributed by atoms with van der Waals surface area (Å²) in [5, 5.41) is 1.90. The van der Waals surface area contributed by atoms with E-state index in [1.54, 1.807) is 12.1 Å². The zero-order valence-electron chi connectivity index (χ0n) is 15.0. The molecular formula is C20H22FN3O2S. The van der Waals surface area contributed by atoms with E-state index >= 15 is 0 Å². The van der Waals surface area contributed by atoms with Crippen LogP contribution in [0.4, 0.5) is 4.39 Å². The maximum absolute atomic E-state index is 13.1. The molecular weight excluding hydrogens is 365 g/mol. The van der Waals surface area contributed by atoms with Crippen molar-refractivity contribution in [1.82, 2.24) is 14.7 Å². The number of piperazine rings is 1. The molecule has 2 saturated heterocycles. The van der Waals surface area contributed by atoms with E-state index in [4.69, 9.17) is 0 Å². The summed E-state index contributed by atoms with van der Waals surface area (Å²) in [7, 11) is 0. The van der Waals surface area contributed by atoms with Crippen LogP contribution in [0.1, 0.15) is 21.7 Å². The van der Waals surface area contributed by atoms with E-state index in [0.717, 1.165) is 30.0 Å². The van der Waals surface area contributed by atoms with E-state index in [1.807, 2.05) is 27.3 Å². The number of fused-ring (bicyclic) bond motifs is 1. The van der Waals surface area contributed by atoms with Crippen molar-refractivity contribution >= 4 is 23.2 Å². The van der Waals surface area contributed by atoms with Crippen LogP contribution in [-0.4, -0.2) is 65.3 Å². The first-order chi connectivity index (χ1) is 13.1. The van der Waals surface area contributed by atoms with Gasteiger partial charge in [-0.1, -0.05) is 18.2 Å². The Labute approximate surface area is 162 Å². The van der Waals surface area contributed by atoms with Gasteiger partial charge in [0.2, 0.25) is 5.91 Å². The predicted octanol–water partition coefficient (Wildman–Crippen LogP) is 2.45. The van der Waals surface area contributed by atoms with Crippen molar-refractivity contribution in [3.05, 3.63) is 58.0 Å². The third kappa shape index (κ3) is 3.89. The number of nitrogens with zero attached hydrogens (tertiary/aromatic N) is 3. The van der Waals surface area contributed by atoms with Crippen LogP contribution in [0.2, 0.25) is 0 Å². The number of thiophene rings is 1. The monoisotopic (exact) mass is 387 g/mol. The van der Waals surface area contributed by atoms with Gasteiger partial charge in [0.25, 0.3) is 5.91 Å². The first kappa shape index (κ1) is 18.1. The molecule has 1 atom stereocenters. The lowest BCUT2D eigenvalue weighted by Crippen LogP contribution is -2.59. The second kappa shape index (κ2) is 7.78. The molecule has 0 N–H and O–H groups in total. The SMILES string of the molecule is O=C(c1cccs1)N1CCCN2CCN(Cc3ccc(F)cc3)C(=O)C2C1. The van der Waals surface area contributed by atoms with Crippen LogP contribution in [-0.2, 0) is 11.3 Å². The molecule has 0 radical (unpaired) electrons. The fourth-order valence-corrected chi connectivity index (χ4v) is 4.51. The number of hydrogen-bond acceptors (Lipinski definition) is 4. The van der Waals surface area contributed by atoms with Crippen molar-refractivity contribution < 1.29 is 14.0 Å². The average Bonchev–Trinajstić information content (AvgIpc) is 3.12. The van der Waals surface area contributed by atoms with Gasteiger partial charge in [0, 0.05) is 39.3 Å². The molecule has 1 unspecified atom stereocenters. The summed E-state index contributed by atoms with van der Waals surface area (Å²) in [5.74, 6) is -0.215. The summed E-state index contributed by atoms with van der Waals surface area (Å²) in [6, 6.07) is 9.68. The Morgan fingerprint density at radius 1 is 1.11 bits per heavy atom. The molecule has 7 heteroatoms. The van der Waals surface area contributed by atoms with Gasteiger partial charge in [-0.2, -0.15) is 0 Å². The zero-order chi connectivity index (χ0) is 18.8. The number of halogens is 1. The van der Waals surface area contributed by atoms with E-state index in [0.29, 0.717) is 26.2 Å². The second-order valence-electron chi connectivity index (χ2n) is 7.02. The molecule has 0 bridgehead atoms. The van der Waals surface area contributed by atoms with Gasteiger partial charge in [0.1, 0.15) is 11.9 Å². The molecule has 1 aromatic heterocycles. The molecule has 0 spiro atoms. The van der Waals surface area contributed by atoms with E-state index in [1.165, 1.54) is 23.5 Å². The van der Waals surface area contributed by atoms with E-state index in [-0.39, 0.29) is 23.7 Å². The number of carbonyl (C=O) groups is 2. The molecule has 2 aliphatic heterocycles. The molecule has 27 heavy (non-hydrogen) atoms. The summed E-state index contributed by atoms with van der Waals surface area (Å²) in [4.78, 5) is 32.4. The van der Waals surface area contributed by atoms with Crippen molar-refractivity contribution in [3.63, 3.8) is 0 Å². The number of carbonyl (C=O) groups excluding carboxylic acids is 2. The number of rotatable bonds is 3. The highest BCUT2D eigenvalue weighted by Gasteiger charge is 2.38. The van der Waals surface area contributed by atoms with Gasteiger partial charge in [0.15, 0.2) is 0 Å². The lowest BCUT2D eigenvalue weighted by atomic mass is 10.1. The molecule has 3 heterocycles. The van der Waals surface area contributed by atoms with Crippen molar-refractivity contribution in [2.75, 3.05) is 32.7 Å². The van der Waals surface area contributed by atoms with Crippen LogP contribution >= 0.6 is 11.3 Å². The van der Waals surface area contributed by atoms with E-state index < -0.39 is 0 Å². The van der Waals surface area contributed by atoms with Crippen molar-refractivity contribution in [3.8, 4) is 0 Å². The highest BCUT2D eigenvalue weighted by molar-refractivity contribution is 7.12. The number of hydrogen-bond donors (Lipinski definition) is 0. The first-order valence-corrected chi connectivity index (χ1v) is 10.1. The molecule has 0 saturated carbocycles. The zero-order valence-corrected chi connectivity index (χ0v) is 15.8. The Morgan fingerprint density at radius 3 is 2.67 bits per heavy atom. The van der Waals surface area contributed by atoms with Gasteiger partial charge >= 0.3 is 0 Å². The van der Waals surface area contributed by atoms with E-state index in [2.05, 4.69) is 4.90 Å². The van der Waals surface area contributed by atoms with Crippen LogP contribution in [0.5, 0.6) is 0 Å². The molecule has 2 aliphatic rings. The number of benzene rings is 1. The Bertz CT molecular complexity index is 809. The standard InChI is InChI=1S/C20H22FN3O2S/c21-16-6-4-15(5-7-16)13-24-11-10-22-8-2-9-23(14-17(22)19(24)25)20(26)18-3-1-12-27-18/h1,3-7,12,17H,2,8-11,13-14H2. The summed E-state index contributed by atoms with van der Waals surface area (Å²) in [6.45, 7) is 3.87. The molecule has 2 aromatic rings. The van der Waals surface area contributed by atoms with Crippen molar-refractivity contribution in [1.29, 1.82) is 0 Å². The maximum Gasteiger partial charge on any atom is 0.263 e. The summed E-state index contributed by atoms with van der Waals surface area (Å²) >= 11 is 1.43. The van der Waals surface area contributed by atoms with Crippen molar-refractivity contribution in [2.45, 2.75) is 19.0 Å². The molecule has 142 valence electrons. The van der Waals surface area contributed by atoms with Crippen LogP contribution in [0.3, 0.4) is 0 Å². The Kier molecular flexibility index (Phi) is 5.22. The topological polar surface area (TPSA) is 43.9 Å². The molecule has 1 aromatic carbocycles. The molecule has 2 fully saturated rings. The Balaban J connectivity index is 1.48. The average molecular weight is 387 g/mol. The highest BCUT2D eigenvalue weighted by Crippen LogP contribution is 2.21. The van der Waals surface area contributed by atoms with Crippen LogP contribution in [0, 0.1) is 5.82 Å². The molecule has 4 rings (SSSR count). The van der Waals surface area contributed by atoms with Crippen LogP contribution < -0.4 is 0 Å². The molecule has 0 aliphatic carbocycles. The molecule has 5 nitrogen and oxygen atoms in total. The minimum absolute atomic E-state index is 0.00954. The van der Waals surface area contributed by atoms with Gasteiger partial charge in [-0.3, -0.25) is 14.5 Å². The van der Waals surface area contributed by atoms with Gasteiger partial charge in [-0.15, -0.1) is 11.3 Å². The lowest BCUT2D eigenvalue weighted by molar-refractivity contribution is -0.142. The minimum atomic E-state index is -0.300. The Hall–Kier alpha value is -2.25. The fraction of sp³-hybridized carbons (Fsp3) is 0.400. The van der Waals surface area contributed by atoms with E-state index in [9.17, 15) is 14.0 Å². The lowest BCUT2D eigenvalue weighted by Gasteiger charge is -2.40. The summed E-state index contributed by atoms with van der Waals surface area (Å²) < 4.78 is 13.1. The van der Waals surface area contributed by atoms with Gasteiger partial charge < -0.3 is 9.80 Å². The van der Waals surface area contributed by atoms with Gasteiger partial charge in [-0.05, 0) is 35.6 Å². The predicted molar refractivity (Wildman–Crippen MR) is 102 cm³/mol.